The van der Waals surface area contributed by atoms with E-state index in [1.165, 1.54) is 4.57 Å². The van der Waals surface area contributed by atoms with Crippen molar-refractivity contribution in [3.63, 3.8) is 0 Å². The molecule has 0 saturated heterocycles. The van der Waals surface area contributed by atoms with Gasteiger partial charge in [0.05, 0.1) is 5.69 Å². The van der Waals surface area contributed by atoms with Crippen LogP contribution in [0.4, 0.5) is 13.2 Å². The van der Waals surface area contributed by atoms with E-state index in [1.54, 1.807) is 13.1 Å². The van der Waals surface area contributed by atoms with E-state index < -0.39 is 17.5 Å². The highest BCUT2D eigenvalue weighted by molar-refractivity contribution is 7.71. The maximum Gasteiger partial charge on any atom is 0.196 e. The van der Waals surface area contributed by atoms with Gasteiger partial charge in [0.1, 0.15) is 0 Å². The topological polar surface area (TPSA) is 20.7 Å². The van der Waals surface area contributed by atoms with Crippen LogP contribution in [0, 0.1) is 29.1 Å². The molecule has 2 nitrogen and oxygen atoms in total. The van der Waals surface area contributed by atoms with Gasteiger partial charge in [-0.1, -0.05) is 0 Å². The Morgan fingerprint density at radius 2 is 1.88 bits per heavy atom. The molecule has 6 heteroatoms. The highest BCUT2D eigenvalue weighted by Crippen LogP contribution is 2.20. The van der Waals surface area contributed by atoms with Crippen molar-refractivity contribution in [2.45, 2.75) is 6.92 Å². The highest BCUT2D eigenvalue weighted by Gasteiger charge is 2.16. The summed E-state index contributed by atoms with van der Waals surface area (Å²) in [5, 5.41) is 0. The van der Waals surface area contributed by atoms with Gasteiger partial charge in [0.25, 0.3) is 0 Å². The molecule has 2 aromatic rings. The molecule has 0 saturated carbocycles. The minimum absolute atomic E-state index is 0.109. The fourth-order valence-corrected chi connectivity index (χ4v) is 1.74. The van der Waals surface area contributed by atoms with E-state index in [4.69, 9.17) is 12.2 Å². The molecular weight excluding hydrogens is 237 g/mol. The Morgan fingerprint density at radius 1 is 1.19 bits per heavy atom. The number of imidazole rings is 1. The molecule has 1 aromatic carbocycles. The first kappa shape index (κ1) is 10.9. The molecule has 2 rings (SSSR count). The molecule has 0 aliphatic carbocycles. The Hall–Kier alpha value is -1.56. The minimum Gasteiger partial charge on any atom is -0.337 e. The molecular formula is C10H7F3N2S. The van der Waals surface area contributed by atoms with Crippen LogP contribution in [0.1, 0.15) is 5.69 Å². The molecule has 1 heterocycles. The monoisotopic (exact) mass is 244 g/mol. The van der Waals surface area contributed by atoms with Crippen LogP contribution in [0.2, 0.25) is 0 Å². The largest absolute Gasteiger partial charge is 0.337 e. The Kier molecular flexibility index (Phi) is 2.59. The van der Waals surface area contributed by atoms with Crippen molar-refractivity contribution in [2.75, 3.05) is 0 Å². The van der Waals surface area contributed by atoms with Gasteiger partial charge in [-0.05, 0) is 31.3 Å². The zero-order chi connectivity index (χ0) is 11.9. The fourth-order valence-electron chi connectivity index (χ4n) is 1.44. The molecule has 84 valence electrons. The van der Waals surface area contributed by atoms with Crippen molar-refractivity contribution in [1.29, 1.82) is 0 Å². The molecule has 0 fully saturated rings. The van der Waals surface area contributed by atoms with Crippen molar-refractivity contribution in [2.24, 2.45) is 0 Å². The Bertz CT molecular complexity index is 601. The van der Waals surface area contributed by atoms with Gasteiger partial charge in [0.2, 0.25) is 0 Å². The number of halogens is 3. The molecule has 1 aromatic heterocycles. The Labute approximate surface area is 94.3 Å². The molecule has 0 spiro atoms. The van der Waals surface area contributed by atoms with Crippen LogP contribution >= 0.6 is 12.2 Å². The lowest BCUT2D eigenvalue weighted by molar-refractivity contribution is 0.444. The highest BCUT2D eigenvalue weighted by atomic mass is 32.1. The summed E-state index contributed by atoms with van der Waals surface area (Å²) in [6.07, 6.45) is 1.56. The smallest absolute Gasteiger partial charge is 0.196 e. The molecule has 0 bridgehead atoms. The number of nitrogens with one attached hydrogen (secondary N) is 1. The molecule has 0 unspecified atom stereocenters. The van der Waals surface area contributed by atoms with Crippen LogP contribution in [0.15, 0.2) is 18.3 Å². The van der Waals surface area contributed by atoms with Gasteiger partial charge in [-0.15, -0.1) is 0 Å². The van der Waals surface area contributed by atoms with Crippen molar-refractivity contribution in [3.8, 4) is 5.69 Å². The predicted octanol–water partition coefficient (Wildman–Crippen LogP) is 3.26. The lowest BCUT2D eigenvalue weighted by Gasteiger charge is -2.07. The van der Waals surface area contributed by atoms with E-state index in [1.807, 2.05) is 0 Å². The second-order valence-electron chi connectivity index (χ2n) is 3.27. The average molecular weight is 244 g/mol. The summed E-state index contributed by atoms with van der Waals surface area (Å²) < 4.78 is 40.8. The summed E-state index contributed by atoms with van der Waals surface area (Å²) in [5.41, 5.74) is 0.498. The molecule has 0 aliphatic heterocycles. The molecule has 1 N–H and O–H groups in total. The number of aromatic amines is 1. The first-order chi connectivity index (χ1) is 7.52. The number of aryl methyl sites for hydroxylation is 1. The normalized spacial score (nSPS) is 10.8. The third kappa shape index (κ3) is 1.55. The SMILES string of the molecule is Cc1c[nH]c(=S)n1-c1ccc(F)c(F)c1F. The zero-order valence-electron chi connectivity index (χ0n) is 8.22. The minimum atomic E-state index is -1.50. The summed E-state index contributed by atoms with van der Waals surface area (Å²) in [6, 6.07) is 2.01. The lowest BCUT2D eigenvalue weighted by Crippen LogP contribution is -2.03. The van der Waals surface area contributed by atoms with Gasteiger partial charge in [-0.3, -0.25) is 4.57 Å². The molecule has 0 radical (unpaired) electrons. The van der Waals surface area contributed by atoms with Crippen LogP contribution in [0.5, 0.6) is 0 Å². The average Bonchev–Trinajstić information content (AvgIpc) is 2.57. The third-order valence-electron chi connectivity index (χ3n) is 2.22. The number of rotatable bonds is 1. The first-order valence-corrected chi connectivity index (χ1v) is 4.84. The molecule has 16 heavy (non-hydrogen) atoms. The van der Waals surface area contributed by atoms with Crippen molar-refractivity contribution < 1.29 is 13.2 Å². The number of nitrogens with zero attached hydrogens (tertiary/aromatic N) is 1. The summed E-state index contributed by atoms with van der Waals surface area (Å²) in [5.74, 6) is -3.97. The van der Waals surface area contributed by atoms with Crippen LogP contribution in [-0.2, 0) is 0 Å². The Balaban J connectivity index is 2.76. The van der Waals surface area contributed by atoms with Crippen LogP contribution in [-0.4, -0.2) is 9.55 Å². The van der Waals surface area contributed by atoms with E-state index in [2.05, 4.69) is 4.98 Å². The number of benzene rings is 1. The second kappa shape index (κ2) is 3.79. The second-order valence-corrected chi connectivity index (χ2v) is 3.65. The maximum atomic E-state index is 13.5. The van der Waals surface area contributed by atoms with Crippen LogP contribution in [0.25, 0.3) is 5.69 Å². The van der Waals surface area contributed by atoms with Gasteiger partial charge < -0.3 is 4.98 Å². The molecule has 0 amide bonds. The first-order valence-electron chi connectivity index (χ1n) is 4.43. The molecule has 0 aliphatic rings. The maximum absolute atomic E-state index is 13.5. The number of aromatic nitrogens is 2. The summed E-state index contributed by atoms with van der Waals surface area (Å²) in [6.45, 7) is 1.67. The summed E-state index contributed by atoms with van der Waals surface area (Å²) in [4.78, 5) is 2.69. The van der Waals surface area contributed by atoms with Gasteiger partial charge in [0, 0.05) is 11.9 Å². The third-order valence-corrected chi connectivity index (χ3v) is 2.52. The van der Waals surface area contributed by atoms with Crippen molar-refractivity contribution in [1.82, 2.24) is 9.55 Å². The van der Waals surface area contributed by atoms with E-state index in [0.29, 0.717) is 5.69 Å². The number of hydrogen-bond acceptors (Lipinski definition) is 1. The van der Waals surface area contributed by atoms with E-state index in [0.717, 1.165) is 12.1 Å². The fraction of sp³-hybridized carbons (Fsp3) is 0.100. The summed E-state index contributed by atoms with van der Waals surface area (Å²) >= 11 is 4.92. The van der Waals surface area contributed by atoms with Gasteiger partial charge in [-0.2, -0.15) is 0 Å². The number of H-pyrrole nitrogens is 1. The summed E-state index contributed by atoms with van der Waals surface area (Å²) in [7, 11) is 0. The van der Waals surface area contributed by atoms with E-state index in [-0.39, 0.29) is 10.5 Å². The van der Waals surface area contributed by atoms with Gasteiger partial charge in [-0.25, -0.2) is 13.2 Å². The van der Waals surface area contributed by atoms with Gasteiger partial charge in [0.15, 0.2) is 22.2 Å². The van der Waals surface area contributed by atoms with Crippen molar-refractivity contribution in [3.05, 3.63) is 46.2 Å². The van der Waals surface area contributed by atoms with Crippen LogP contribution < -0.4 is 0 Å². The van der Waals surface area contributed by atoms with Crippen LogP contribution in [0.3, 0.4) is 0 Å². The standard InChI is InChI=1S/C10H7F3N2S/c1-5-4-14-10(16)15(5)7-3-2-6(11)8(12)9(7)13/h2-4H,1H3,(H,14,16). The molecule has 0 atom stereocenters. The van der Waals surface area contributed by atoms with E-state index in [9.17, 15) is 13.2 Å². The quantitative estimate of drug-likeness (QED) is 0.603. The van der Waals surface area contributed by atoms with Crippen molar-refractivity contribution >= 4 is 12.2 Å². The predicted molar refractivity (Wildman–Crippen MR) is 55.6 cm³/mol. The van der Waals surface area contributed by atoms with Gasteiger partial charge >= 0.3 is 0 Å². The Morgan fingerprint density at radius 3 is 2.44 bits per heavy atom. The zero-order valence-corrected chi connectivity index (χ0v) is 9.04. The number of hydrogen-bond donors (Lipinski definition) is 1. The van der Waals surface area contributed by atoms with E-state index >= 15 is 0 Å². The lowest BCUT2D eigenvalue weighted by atomic mass is 10.2.